The molecule has 1 saturated carbocycles. The van der Waals surface area contributed by atoms with E-state index in [1.165, 1.54) is 30.4 Å². The van der Waals surface area contributed by atoms with E-state index in [0.717, 1.165) is 49.5 Å². The van der Waals surface area contributed by atoms with E-state index in [4.69, 9.17) is 0 Å². The van der Waals surface area contributed by atoms with E-state index in [0.29, 0.717) is 13.0 Å². The molecule has 1 N–H and O–H groups in total. The zero-order valence-corrected chi connectivity index (χ0v) is 17.6. The lowest BCUT2D eigenvalue weighted by Crippen LogP contribution is -2.45. The maximum atomic E-state index is 12.5. The maximum absolute atomic E-state index is 12.5. The van der Waals surface area contributed by atoms with Crippen LogP contribution in [0.5, 0.6) is 0 Å². The van der Waals surface area contributed by atoms with Crippen molar-refractivity contribution in [2.75, 3.05) is 18.0 Å². The molecule has 0 bridgehead atoms. The van der Waals surface area contributed by atoms with E-state index in [9.17, 15) is 9.59 Å². The molecule has 1 aliphatic heterocycles. The second-order valence-electron chi connectivity index (χ2n) is 8.71. The first-order valence-corrected chi connectivity index (χ1v) is 11.3. The molecule has 0 atom stereocenters. The van der Waals surface area contributed by atoms with E-state index in [-0.39, 0.29) is 17.5 Å². The van der Waals surface area contributed by atoms with Gasteiger partial charge in [0.2, 0.25) is 5.91 Å². The molecular formula is C24H32N4O2. The van der Waals surface area contributed by atoms with Crippen molar-refractivity contribution in [3.05, 3.63) is 58.5 Å². The zero-order chi connectivity index (χ0) is 20.8. The van der Waals surface area contributed by atoms with Gasteiger partial charge in [0.1, 0.15) is 0 Å². The summed E-state index contributed by atoms with van der Waals surface area (Å²) in [5, 5.41) is 7.59. The molecule has 2 fully saturated rings. The number of hydrogen-bond acceptors (Lipinski definition) is 4. The summed E-state index contributed by atoms with van der Waals surface area (Å²) in [5.41, 5.74) is 1.85. The van der Waals surface area contributed by atoms with Crippen molar-refractivity contribution in [3.8, 4) is 0 Å². The third-order valence-electron chi connectivity index (χ3n) is 6.51. The standard InChI is InChI=1S/C24H32N4O2/c29-23(11-10-19-6-4-5-7-19)26-21-12-14-27(15-13-21)22-16-24(30)28(25-17-22)18-20-8-2-1-3-9-20/h1-3,8-9,16-17,19,21H,4-7,10-15,18H2,(H,26,29). The Balaban J connectivity index is 1.25. The number of rotatable bonds is 7. The van der Waals surface area contributed by atoms with E-state index in [1.54, 1.807) is 12.3 Å². The fourth-order valence-corrected chi connectivity index (χ4v) is 4.69. The summed E-state index contributed by atoms with van der Waals surface area (Å²) in [6, 6.07) is 11.8. The van der Waals surface area contributed by atoms with Crippen LogP contribution in [-0.4, -0.2) is 34.8 Å². The Kier molecular flexibility index (Phi) is 6.82. The minimum absolute atomic E-state index is 0.0845. The lowest BCUT2D eigenvalue weighted by atomic mass is 10.0. The minimum atomic E-state index is -0.0845. The quantitative estimate of drug-likeness (QED) is 0.763. The number of nitrogens with one attached hydrogen (secondary N) is 1. The van der Waals surface area contributed by atoms with Gasteiger partial charge < -0.3 is 10.2 Å². The van der Waals surface area contributed by atoms with E-state index in [1.807, 2.05) is 30.3 Å². The molecule has 0 unspecified atom stereocenters. The number of aromatic nitrogens is 2. The molecule has 6 nitrogen and oxygen atoms in total. The van der Waals surface area contributed by atoms with E-state index < -0.39 is 0 Å². The van der Waals surface area contributed by atoms with Gasteiger partial charge in [-0.1, -0.05) is 56.0 Å². The summed E-state index contributed by atoms with van der Waals surface area (Å²) in [7, 11) is 0. The van der Waals surface area contributed by atoms with Crippen LogP contribution in [0.1, 0.15) is 56.9 Å². The van der Waals surface area contributed by atoms with Gasteiger partial charge in [0, 0.05) is 31.6 Å². The van der Waals surface area contributed by atoms with Crippen LogP contribution < -0.4 is 15.8 Å². The van der Waals surface area contributed by atoms with Gasteiger partial charge in [0.05, 0.1) is 18.4 Å². The third-order valence-corrected chi connectivity index (χ3v) is 6.51. The van der Waals surface area contributed by atoms with Crippen LogP contribution in [0.25, 0.3) is 0 Å². The normalized spacial score (nSPS) is 17.9. The third kappa shape index (κ3) is 5.49. The van der Waals surface area contributed by atoms with Crippen LogP contribution in [0.3, 0.4) is 0 Å². The number of carbonyl (C=O) groups is 1. The van der Waals surface area contributed by atoms with Crippen molar-refractivity contribution in [2.45, 2.75) is 64.0 Å². The second kappa shape index (κ2) is 9.92. The highest BCUT2D eigenvalue weighted by molar-refractivity contribution is 5.76. The van der Waals surface area contributed by atoms with Crippen molar-refractivity contribution in [3.63, 3.8) is 0 Å². The van der Waals surface area contributed by atoms with E-state index >= 15 is 0 Å². The molecule has 2 aliphatic rings. The van der Waals surface area contributed by atoms with Crippen molar-refractivity contribution in [1.82, 2.24) is 15.1 Å². The Morgan fingerprint density at radius 3 is 2.50 bits per heavy atom. The molecule has 160 valence electrons. The summed E-state index contributed by atoms with van der Waals surface area (Å²) in [4.78, 5) is 27.0. The predicted molar refractivity (Wildman–Crippen MR) is 119 cm³/mol. The number of nitrogens with zero attached hydrogens (tertiary/aromatic N) is 3. The average Bonchev–Trinajstić information content (AvgIpc) is 3.29. The maximum Gasteiger partial charge on any atom is 0.269 e. The van der Waals surface area contributed by atoms with Crippen LogP contribution in [-0.2, 0) is 11.3 Å². The zero-order valence-electron chi connectivity index (χ0n) is 17.6. The molecule has 2 aromatic rings. The highest BCUT2D eigenvalue weighted by Gasteiger charge is 2.22. The fourth-order valence-electron chi connectivity index (χ4n) is 4.69. The van der Waals surface area contributed by atoms with Crippen molar-refractivity contribution in [2.24, 2.45) is 5.92 Å². The molecule has 0 spiro atoms. The summed E-state index contributed by atoms with van der Waals surface area (Å²) in [6.07, 6.45) is 10.5. The van der Waals surface area contributed by atoms with Crippen molar-refractivity contribution in [1.29, 1.82) is 0 Å². The summed E-state index contributed by atoms with van der Waals surface area (Å²) in [5.74, 6) is 0.958. The molecule has 1 aromatic carbocycles. The van der Waals surface area contributed by atoms with Gasteiger partial charge in [0.15, 0.2) is 0 Å². The number of carbonyl (C=O) groups excluding carboxylic acids is 1. The Hall–Kier alpha value is -2.63. The molecule has 2 heterocycles. The first-order chi connectivity index (χ1) is 14.7. The fraction of sp³-hybridized carbons (Fsp3) is 0.542. The van der Waals surface area contributed by atoms with Gasteiger partial charge in [-0.2, -0.15) is 5.10 Å². The molecule has 0 radical (unpaired) electrons. The molecule has 30 heavy (non-hydrogen) atoms. The van der Waals surface area contributed by atoms with Gasteiger partial charge in [-0.25, -0.2) is 4.68 Å². The van der Waals surface area contributed by atoms with Gasteiger partial charge in [-0.15, -0.1) is 0 Å². The lowest BCUT2D eigenvalue weighted by molar-refractivity contribution is -0.122. The SMILES string of the molecule is O=C(CCC1CCCC1)NC1CCN(c2cnn(Cc3ccccc3)c(=O)c2)CC1. The molecule has 6 heteroatoms. The van der Waals surface area contributed by atoms with Crippen LogP contribution in [0.2, 0.25) is 0 Å². The van der Waals surface area contributed by atoms with Crippen LogP contribution in [0, 0.1) is 5.92 Å². The lowest BCUT2D eigenvalue weighted by Gasteiger charge is -2.33. The van der Waals surface area contributed by atoms with Crippen molar-refractivity contribution < 1.29 is 4.79 Å². The first kappa shape index (κ1) is 20.6. The van der Waals surface area contributed by atoms with Crippen LogP contribution in [0.15, 0.2) is 47.4 Å². The van der Waals surface area contributed by atoms with Gasteiger partial charge in [-0.05, 0) is 30.7 Å². The molecule has 1 aromatic heterocycles. The Bertz CT molecular complexity index is 882. The smallest absolute Gasteiger partial charge is 0.269 e. The Morgan fingerprint density at radius 1 is 1.07 bits per heavy atom. The van der Waals surface area contributed by atoms with Crippen LogP contribution >= 0.6 is 0 Å². The predicted octanol–water partition coefficient (Wildman–Crippen LogP) is 3.35. The highest BCUT2D eigenvalue weighted by atomic mass is 16.1. The van der Waals surface area contributed by atoms with Gasteiger partial charge >= 0.3 is 0 Å². The van der Waals surface area contributed by atoms with Gasteiger partial charge in [0.25, 0.3) is 5.56 Å². The van der Waals surface area contributed by atoms with Gasteiger partial charge in [-0.3, -0.25) is 9.59 Å². The number of benzene rings is 1. The minimum Gasteiger partial charge on any atom is -0.370 e. The van der Waals surface area contributed by atoms with E-state index in [2.05, 4.69) is 15.3 Å². The highest BCUT2D eigenvalue weighted by Crippen LogP contribution is 2.28. The molecule has 4 rings (SSSR count). The Morgan fingerprint density at radius 2 is 1.80 bits per heavy atom. The topological polar surface area (TPSA) is 67.2 Å². The number of hydrogen-bond donors (Lipinski definition) is 1. The molecule has 1 saturated heterocycles. The molecule has 1 aliphatic carbocycles. The summed E-state index contributed by atoms with van der Waals surface area (Å²) in [6.45, 7) is 2.14. The largest absolute Gasteiger partial charge is 0.370 e. The molecular weight excluding hydrogens is 376 g/mol. The summed E-state index contributed by atoms with van der Waals surface area (Å²) < 4.78 is 1.50. The number of amides is 1. The van der Waals surface area contributed by atoms with Crippen molar-refractivity contribution >= 4 is 11.6 Å². The summed E-state index contributed by atoms with van der Waals surface area (Å²) >= 11 is 0. The van der Waals surface area contributed by atoms with Crippen LogP contribution in [0.4, 0.5) is 5.69 Å². The first-order valence-electron chi connectivity index (χ1n) is 11.3. The molecule has 1 amide bonds. The second-order valence-corrected chi connectivity index (χ2v) is 8.71. The monoisotopic (exact) mass is 408 g/mol. The number of piperidine rings is 1. The number of anilines is 1. The average molecular weight is 409 g/mol. The Labute approximate surface area is 178 Å².